The lowest BCUT2D eigenvalue weighted by Gasteiger charge is -2.29. The Labute approximate surface area is 196 Å². The van der Waals surface area contributed by atoms with Gasteiger partial charge in [-0.1, -0.05) is 48.4 Å². The van der Waals surface area contributed by atoms with Gasteiger partial charge in [0, 0.05) is 18.3 Å². The molecule has 0 bridgehead atoms. The van der Waals surface area contributed by atoms with Gasteiger partial charge in [-0.2, -0.15) is 0 Å². The largest absolute Gasteiger partial charge is 0.497 e. The molecule has 0 unspecified atom stereocenters. The third-order valence-electron chi connectivity index (χ3n) is 5.43. The summed E-state index contributed by atoms with van der Waals surface area (Å²) >= 11 is 1.58. The minimum absolute atomic E-state index is 0.0472. The van der Waals surface area contributed by atoms with Gasteiger partial charge in [0.25, 0.3) is 0 Å². The van der Waals surface area contributed by atoms with E-state index < -0.39 is 6.04 Å². The Morgan fingerprint density at radius 2 is 1.75 bits per heavy atom. The molecule has 0 saturated heterocycles. The van der Waals surface area contributed by atoms with Crippen molar-refractivity contribution in [3.63, 3.8) is 0 Å². The number of amides is 2. The van der Waals surface area contributed by atoms with Crippen molar-refractivity contribution >= 4 is 23.6 Å². The predicted molar refractivity (Wildman–Crippen MR) is 133 cm³/mol. The highest BCUT2D eigenvalue weighted by Gasteiger charge is 2.26. The zero-order chi connectivity index (χ0) is 23.7. The van der Waals surface area contributed by atoms with Crippen LogP contribution in [0.5, 0.6) is 5.75 Å². The van der Waals surface area contributed by atoms with Crippen molar-refractivity contribution in [1.29, 1.82) is 0 Å². The van der Waals surface area contributed by atoms with E-state index in [1.807, 2.05) is 38.1 Å². The molecule has 174 valence electrons. The van der Waals surface area contributed by atoms with Crippen LogP contribution in [0.2, 0.25) is 0 Å². The van der Waals surface area contributed by atoms with Gasteiger partial charge in [0.05, 0.1) is 12.9 Å². The first-order valence-corrected chi connectivity index (χ1v) is 12.3. The number of carbonyl (C=O) groups is 2. The third-order valence-corrected chi connectivity index (χ3v) is 6.42. The highest BCUT2D eigenvalue weighted by molar-refractivity contribution is 7.99. The Bertz CT molecular complexity index is 895. The molecule has 2 atom stereocenters. The van der Waals surface area contributed by atoms with Crippen molar-refractivity contribution in [3.8, 4) is 5.75 Å². The maximum absolute atomic E-state index is 13.2. The Balaban J connectivity index is 2.12. The summed E-state index contributed by atoms with van der Waals surface area (Å²) in [6.45, 7) is 10.3. The maximum Gasteiger partial charge on any atom is 0.242 e. The van der Waals surface area contributed by atoms with E-state index in [4.69, 9.17) is 4.74 Å². The zero-order valence-corrected chi connectivity index (χ0v) is 20.9. The average Bonchev–Trinajstić information content (AvgIpc) is 2.76. The van der Waals surface area contributed by atoms with Crippen molar-refractivity contribution in [2.24, 2.45) is 0 Å². The number of benzene rings is 2. The monoisotopic (exact) mass is 456 g/mol. The normalized spacial score (nSPS) is 12.7. The standard InChI is InChI=1S/C26H36N2O3S/c1-7-20(4)27-26(30)21(5)28(15-22-9-8-10-24(14-22)31-6)25(29)17-32-16-23-12-18(2)11-19(3)13-23/h8-14,20-21H,7,15-17H2,1-6H3,(H,27,30)/t20-,21+/m1/s1. The molecule has 0 heterocycles. The first kappa shape index (κ1) is 25.8. The Hall–Kier alpha value is -2.47. The summed E-state index contributed by atoms with van der Waals surface area (Å²) in [6, 6.07) is 13.6. The molecule has 32 heavy (non-hydrogen) atoms. The SMILES string of the molecule is CC[C@@H](C)NC(=O)[C@H](C)N(Cc1cccc(OC)c1)C(=O)CSCc1cc(C)cc(C)c1. The molecule has 0 aliphatic heterocycles. The first-order chi connectivity index (χ1) is 15.2. The second-order valence-corrected chi connectivity index (χ2v) is 9.34. The van der Waals surface area contributed by atoms with Crippen LogP contribution in [-0.4, -0.2) is 41.7 Å². The van der Waals surface area contributed by atoms with Crippen LogP contribution in [0, 0.1) is 13.8 Å². The Morgan fingerprint density at radius 3 is 2.38 bits per heavy atom. The van der Waals surface area contributed by atoms with Crippen LogP contribution in [0.25, 0.3) is 0 Å². The molecule has 2 rings (SSSR count). The minimum atomic E-state index is -0.565. The summed E-state index contributed by atoms with van der Waals surface area (Å²) in [5, 5.41) is 3.00. The highest BCUT2D eigenvalue weighted by atomic mass is 32.2. The van der Waals surface area contributed by atoms with Crippen LogP contribution in [-0.2, 0) is 21.9 Å². The topological polar surface area (TPSA) is 58.6 Å². The third kappa shape index (κ3) is 7.90. The number of ether oxygens (including phenoxy) is 1. The molecule has 0 spiro atoms. The maximum atomic E-state index is 13.2. The summed E-state index contributed by atoms with van der Waals surface area (Å²) in [5.41, 5.74) is 4.59. The van der Waals surface area contributed by atoms with Crippen LogP contribution < -0.4 is 10.1 Å². The lowest BCUT2D eigenvalue weighted by atomic mass is 10.1. The number of methoxy groups -OCH3 is 1. The number of thioether (sulfide) groups is 1. The number of carbonyl (C=O) groups excluding carboxylic acids is 2. The zero-order valence-electron chi connectivity index (χ0n) is 20.1. The van der Waals surface area contributed by atoms with Crippen molar-refractivity contribution < 1.29 is 14.3 Å². The van der Waals surface area contributed by atoms with Gasteiger partial charge in [0.1, 0.15) is 11.8 Å². The van der Waals surface area contributed by atoms with E-state index in [1.54, 1.807) is 30.7 Å². The molecule has 0 radical (unpaired) electrons. The molecule has 2 aromatic rings. The number of aryl methyl sites for hydroxylation is 2. The van der Waals surface area contributed by atoms with Gasteiger partial charge in [-0.15, -0.1) is 11.8 Å². The van der Waals surface area contributed by atoms with Crippen LogP contribution >= 0.6 is 11.8 Å². The van der Waals surface area contributed by atoms with Gasteiger partial charge in [0.2, 0.25) is 11.8 Å². The molecule has 0 aromatic heterocycles. The average molecular weight is 457 g/mol. The quantitative estimate of drug-likeness (QED) is 0.524. The molecule has 2 aromatic carbocycles. The van der Waals surface area contributed by atoms with Gasteiger partial charge in [0.15, 0.2) is 0 Å². The number of hydrogen-bond acceptors (Lipinski definition) is 4. The summed E-state index contributed by atoms with van der Waals surface area (Å²) in [4.78, 5) is 27.7. The molecule has 0 saturated carbocycles. The van der Waals surface area contributed by atoms with Crippen molar-refractivity contribution in [2.45, 2.75) is 65.4 Å². The van der Waals surface area contributed by atoms with Crippen LogP contribution in [0.1, 0.15) is 49.4 Å². The molecule has 2 amide bonds. The second-order valence-electron chi connectivity index (χ2n) is 8.36. The van der Waals surface area contributed by atoms with Gasteiger partial charge in [-0.25, -0.2) is 0 Å². The molecule has 1 N–H and O–H groups in total. The van der Waals surface area contributed by atoms with Crippen molar-refractivity contribution in [2.75, 3.05) is 12.9 Å². The summed E-state index contributed by atoms with van der Waals surface area (Å²) < 4.78 is 5.32. The first-order valence-electron chi connectivity index (χ1n) is 11.1. The predicted octanol–water partition coefficient (Wildman–Crippen LogP) is 4.88. The number of rotatable bonds is 11. The Kier molecular flexibility index (Phi) is 10.1. The summed E-state index contributed by atoms with van der Waals surface area (Å²) in [5.74, 6) is 1.63. The van der Waals surface area contributed by atoms with Gasteiger partial charge < -0.3 is 15.0 Å². The number of hydrogen-bond donors (Lipinski definition) is 1. The van der Waals surface area contributed by atoms with E-state index >= 15 is 0 Å². The number of nitrogens with one attached hydrogen (secondary N) is 1. The lowest BCUT2D eigenvalue weighted by Crippen LogP contribution is -2.50. The van der Waals surface area contributed by atoms with Gasteiger partial charge in [-0.3, -0.25) is 9.59 Å². The van der Waals surface area contributed by atoms with E-state index in [0.29, 0.717) is 12.3 Å². The Morgan fingerprint density at radius 1 is 1.06 bits per heavy atom. The number of nitrogens with zero attached hydrogens (tertiary/aromatic N) is 1. The van der Waals surface area contributed by atoms with Crippen LogP contribution in [0.4, 0.5) is 0 Å². The molecular formula is C26H36N2O3S. The second kappa shape index (κ2) is 12.5. The minimum Gasteiger partial charge on any atom is -0.497 e. The van der Waals surface area contributed by atoms with Crippen LogP contribution in [0.15, 0.2) is 42.5 Å². The molecular weight excluding hydrogens is 420 g/mol. The van der Waals surface area contributed by atoms with Gasteiger partial charge in [-0.05, 0) is 57.4 Å². The summed E-state index contributed by atoms with van der Waals surface area (Å²) in [6.07, 6.45) is 0.841. The highest BCUT2D eigenvalue weighted by Crippen LogP contribution is 2.20. The molecule has 6 heteroatoms. The molecule has 5 nitrogen and oxygen atoms in total. The van der Waals surface area contributed by atoms with E-state index in [0.717, 1.165) is 23.5 Å². The van der Waals surface area contributed by atoms with E-state index in [1.165, 1.54) is 16.7 Å². The van der Waals surface area contributed by atoms with E-state index in [9.17, 15) is 9.59 Å². The van der Waals surface area contributed by atoms with Gasteiger partial charge >= 0.3 is 0 Å². The summed E-state index contributed by atoms with van der Waals surface area (Å²) in [7, 11) is 1.62. The van der Waals surface area contributed by atoms with E-state index in [-0.39, 0.29) is 17.9 Å². The molecule has 0 fully saturated rings. The van der Waals surface area contributed by atoms with Crippen molar-refractivity contribution in [1.82, 2.24) is 10.2 Å². The smallest absolute Gasteiger partial charge is 0.242 e. The van der Waals surface area contributed by atoms with Crippen LogP contribution in [0.3, 0.4) is 0 Å². The lowest BCUT2D eigenvalue weighted by molar-refractivity contribution is -0.138. The fourth-order valence-corrected chi connectivity index (χ4v) is 4.35. The molecule has 0 aliphatic carbocycles. The van der Waals surface area contributed by atoms with Crippen molar-refractivity contribution in [3.05, 3.63) is 64.7 Å². The molecule has 0 aliphatic rings. The fourth-order valence-electron chi connectivity index (χ4n) is 3.51. The van der Waals surface area contributed by atoms with E-state index in [2.05, 4.69) is 37.4 Å². The fraction of sp³-hybridized carbons (Fsp3) is 0.462.